The predicted molar refractivity (Wildman–Crippen MR) is 126 cm³/mol. The van der Waals surface area contributed by atoms with E-state index in [4.69, 9.17) is 9.16 Å². The number of rotatable bonds is 6. The Labute approximate surface area is 187 Å². The molecule has 0 radical (unpaired) electrons. The minimum Gasteiger partial charge on any atom is -0.485 e. The van der Waals surface area contributed by atoms with E-state index in [1.807, 2.05) is 0 Å². The molecule has 2 fully saturated rings. The molecular formula is C24H40F2N2O2Si. The maximum atomic E-state index is 14.9. The third-order valence-corrected chi connectivity index (χ3v) is 11.7. The summed E-state index contributed by atoms with van der Waals surface area (Å²) in [7, 11) is -1.91. The van der Waals surface area contributed by atoms with Crippen molar-refractivity contribution in [2.45, 2.75) is 96.1 Å². The van der Waals surface area contributed by atoms with Gasteiger partial charge in [0.05, 0.1) is 6.61 Å². The summed E-state index contributed by atoms with van der Waals surface area (Å²) in [6.07, 6.45) is 4.50. The fourth-order valence-corrected chi connectivity index (χ4v) is 5.56. The molecule has 0 unspecified atom stereocenters. The van der Waals surface area contributed by atoms with Crippen LogP contribution in [0.25, 0.3) is 0 Å². The van der Waals surface area contributed by atoms with Crippen LogP contribution in [0.3, 0.4) is 0 Å². The fourth-order valence-electron chi connectivity index (χ4n) is 4.53. The second kappa shape index (κ2) is 8.98. The van der Waals surface area contributed by atoms with Gasteiger partial charge in [-0.2, -0.15) is 0 Å². The molecule has 176 valence electrons. The zero-order valence-electron chi connectivity index (χ0n) is 20.3. The molecule has 1 saturated carbocycles. The Morgan fingerprint density at radius 3 is 2.32 bits per heavy atom. The van der Waals surface area contributed by atoms with E-state index >= 15 is 0 Å². The lowest BCUT2D eigenvalue weighted by Gasteiger charge is -2.52. The number of hydrogen-bond acceptors (Lipinski definition) is 4. The van der Waals surface area contributed by atoms with Crippen molar-refractivity contribution in [2.75, 3.05) is 24.7 Å². The molecule has 1 aliphatic heterocycles. The maximum Gasteiger partial charge on any atom is 0.192 e. The van der Waals surface area contributed by atoms with Crippen molar-refractivity contribution in [3.63, 3.8) is 0 Å². The van der Waals surface area contributed by atoms with Gasteiger partial charge in [0, 0.05) is 42.0 Å². The van der Waals surface area contributed by atoms with Crippen molar-refractivity contribution in [2.24, 2.45) is 0 Å². The van der Waals surface area contributed by atoms with Gasteiger partial charge in [-0.15, -0.1) is 0 Å². The van der Waals surface area contributed by atoms with Crippen molar-refractivity contribution in [3.8, 4) is 5.75 Å². The number of halogens is 2. The van der Waals surface area contributed by atoms with Crippen LogP contribution in [0.4, 0.5) is 14.5 Å². The summed E-state index contributed by atoms with van der Waals surface area (Å²) in [5.74, 6) is -1.60. The SMILES string of the molecule is CC1(C)CN(c2cc(F)c(OCCO[Si](C)(C)C(C)(C)C)c(F)c2)[C@H]2CCCC[C@@H]2N1. The number of anilines is 1. The molecule has 3 rings (SSSR count). The van der Waals surface area contributed by atoms with E-state index < -0.39 is 20.0 Å². The van der Waals surface area contributed by atoms with Crippen LogP contribution in [0, 0.1) is 11.6 Å². The molecule has 1 aromatic rings. The molecule has 0 bridgehead atoms. The van der Waals surface area contributed by atoms with Gasteiger partial charge in [-0.05, 0) is 44.8 Å². The molecule has 4 nitrogen and oxygen atoms in total. The number of nitrogens with zero attached hydrogens (tertiary/aromatic N) is 1. The van der Waals surface area contributed by atoms with E-state index in [1.54, 1.807) is 0 Å². The highest BCUT2D eigenvalue weighted by Crippen LogP contribution is 2.37. The molecule has 0 aromatic heterocycles. The molecule has 1 N–H and O–H groups in total. The van der Waals surface area contributed by atoms with Gasteiger partial charge in [0.15, 0.2) is 25.7 Å². The van der Waals surface area contributed by atoms with Crippen LogP contribution < -0.4 is 15.0 Å². The number of benzene rings is 1. The molecule has 1 aliphatic carbocycles. The lowest BCUT2D eigenvalue weighted by atomic mass is 9.83. The van der Waals surface area contributed by atoms with Gasteiger partial charge in [0.2, 0.25) is 0 Å². The zero-order valence-corrected chi connectivity index (χ0v) is 21.3. The average molecular weight is 455 g/mol. The first-order valence-corrected chi connectivity index (χ1v) is 14.5. The van der Waals surface area contributed by atoms with E-state index in [9.17, 15) is 8.78 Å². The Morgan fingerprint density at radius 2 is 1.71 bits per heavy atom. The molecule has 1 aromatic carbocycles. The summed E-state index contributed by atoms with van der Waals surface area (Å²) in [5.41, 5.74) is 0.494. The average Bonchev–Trinajstić information content (AvgIpc) is 2.64. The predicted octanol–water partition coefficient (Wildman–Crippen LogP) is 5.86. The van der Waals surface area contributed by atoms with Crippen molar-refractivity contribution < 1.29 is 17.9 Å². The maximum absolute atomic E-state index is 14.9. The molecule has 7 heteroatoms. The quantitative estimate of drug-likeness (QED) is 0.431. The largest absolute Gasteiger partial charge is 0.485 e. The first-order valence-electron chi connectivity index (χ1n) is 11.6. The van der Waals surface area contributed by atoms with E-state index in [1.165, 1.54) is 18.6 Å². The summed E-state index contributed by atoms with van der Waals surface area (Å²) >= 11 is 0. The Morgan fingerprint density at radius 1 is 1.10 bits per heavy atom. The van der Waals surface area contributed by atoms with Gasteiger partial charge >= 0.3 is 0 Å². The van der Waals surface area contributed by atoms with Gasteiger partial charge in [0.1, 0.15) is 6.61 Å². The number of ether oxygens (including phenoxy) is 1. The first-order chi connectivity index (χ1) is 14.3. The van der Waals surface area contributed by atoms with Crippen LogP contribution >= 0.6 is 0 Å². The summed E-state index contributed by atoms with van der Waals surface area (Å²) in [4.78, 5) is 2.19. The molecule has 2 atom stereocenters. The molecule has 2 aliphatic rings. The van der Waals surface area contributed by atoms with Gasteiger partial charge < -0.3 is 19.4 Å². The standard InChI is InChI=1S/C24H40F2N2O2Si/c1-23(2,3)31(6,7)30-13-12-29-22-18(25)14-17(15-19(22)26)28-16-24(4,5)27-20-10-8-9-11-21(20)28/h14-15,20-21,27H,8-13,16H2,1-7H3/t20-,21-/m0/s1. The highest BCUT2D eigenvalue weighted by molar-refractivity contribution is 6.74. The Balaban J connectivity index is 1.70. The zero-order chi connectivity index (χ0) is 23.0. The Hall–Kier alpha value is -1.18. The highest BCUT2D eigenvalue weighted by Gasteiger charge is 2.41. The summed E-state index contributed by atoms with van der Waals surface area (Å²) in [5, 5.41) is 3.81. The van der Waals surface area contributed by atoms with E-state index in [2.05, 4.69) is 57.9 Å². The second-order valence-corrected chi connectivity index (χ2v) is 16.1. The van der Waals surface area contributed by atoms with E-state index in [-0.39, 0.29) is 29.0 Å². The summed E-state index contributed by atoms with van der Waals surface area (Å²) < 4.78 is 41.3. The van der Waals surface area contributed by atoms with Gasteiger partial charge in [-0.25, -0.2) is 8.78 Å². The molecular weight excluding hydrogens is 414 g/mol. The molecule has 1 heterocycles. The summed E-state index contributed by atoms with van der Waals surface area (Å²) in [6, 6.07) is 3.48. The van der Waals surface area contributed by atoms with Crippen LogP contribution in [0.15, 0.2) is 12.1 Å². The first kappa shape index (κ1) is 24.5. The molecule has 31 heavy (non-hydrogen) atoms. The topological polar surface area (TPSA) is 33.7 Å². The van der Waals surface area contributed by atoms with Crippen LogP contribution in [0.1, 0.15) is 60.3 Å². The molecule has 0 spiro atoms. The summed E-state index contributed by atoms with van der Waals surface area (Å²) in [6.45, 7) is 16.2. The molecule has 0 amide bonds. The normalized spacial score (nSPS) is 24.1. The second-order valence-electron chi connectivity index (χ2n) is 11.3. The monoisotopic (exact) mass is 454 g/mol. The van der Waals surface area contributed by atoms with Crippen LogP contribution in [-0.4, -0.2) is 45.7 Å². The molecule has 1 saturated heterocycles. The lowest BCUT2D eigenvalue weighted by Crippen LogP contribution is -2.67. The van der Waals surface area contributed by atoms with Crippen LogP contribution in [0.5, 0.6) is 5.75 Å². The van der Waals surface area contributed by atoms with Crippen molar-refractivity contribution in [1.82, 2.24) is 5.32 Å². The Bertz CT molecular complexity index is 756. The van der Waals surface area contributed by atoms with Crippen LogP contribution in [0.2, 0.25) is 18.1 Å². The highest BCUT2D eigenvalue weighted by atomic mass is 28.4. The third kappa shape index (κ3) is 5.60. The minimum atomic E-state index is -1.91. The van der Waals surface area contributed by atoms with Gasteiger partial charge in [-0.3, -0.25) is 0 Å². The Kier molecular flexibility index (Phi) is 7.09. The minimum absolute atomic E-state index is 0.0825. The smallest absolute Gasteiger partial charge is 0.192 e. The van der Waals surface area contributed by atoms with Crippen molar-refractivity contribution in [1.29, 1.82) is 0 Å². The number of piperazine rings is 1. The van der Waals surface area contributed by atoms with E-state index in [0.717, 1.165) is 19.3 Å². The number of fused-ring (bicyclic) bond motifs is 1. The number of hydrogen-bond donors (Lipinski definition) is 1. The van der Waals surface area contributed by atoms with E-state index in [0.29, 0.717) is 24.9 Å². The van der Waals surface area contributed by atoms with Crippen molar-refractivity contribution >= 4 is 14.0 Å². The van der Waals surface area contributed by atoms with Crippen LogP contribution in [-0.2, 0) is 4.43 Å². The fraction of sp³-hybridized carbons (Fsp3) is 0.750. The van der Waals surface area contributed by atoms with Gasteiger partial charge in [0.25, 0.3) is 0 Å². The third-order valence-electron chi connectivity index (χ3n) is 7.19. The number of nitrogens with one attached hydrogen (secondary N) is 1. The lowest BCUT2D eigenvalue weighted by molar-refractivity contribution is 0.192. The van der Waals surface area contributed by atoms with Crippen molar-refractivity contribution in [3.05, 3.63) is 23.8 Å². The van der Waals surface area contributed by atoms with Gasteiger partial charge in [-0.1, -0.05) is 33.6 Å².